The summed E-state index contributed by atoms with van der Waals surface area (Å²) < 4.78 is 26.3. The maximum Gasteiger partial charge on any atom is 0.216 e. The van der Waals surface area contributed by atoms with Crippen LogP contribution in [0, 0.1) is 0 Å². The van der Waals surface area contributed by atoms with E-state index in [-0.39, 0.29) is 18.0 Å². The lowest BCUT2D eigenvalue weighted by Gasteiger charge is -2.08. The van der Waals surface area contributed by atoms with Gasteiger partial charge in [-0.1, -0.05) is 48.5 Å². The lowest BCUT2D eigenvalue weighted by atomic mass is 10.2. The number of nitrogens with one attached hydrogen (secondary N) is 1. The Morgan fingerprint density at radius 2 is 1.58 bits per heavy atom. The van der Waals surface area contributed by atoms with Crippen LogP contribution in [-0.4, -0.2) is 13.5 Å². The van der Waals surface area contributed by atoms with Gasteiger partial charge in [-0.25, -0.2) is 13.1 Å². The number of aromatic hydroxyl groups is 1. The molecule has 5 heteroatoms. The molecule has 2 N–H and O–H groups in total. The Morgan fingerprint density at radius 1 is 0.947 bits per heavy atom. The molecule has 0 saturated carbocycles. The lowest BCUT2D eigenvalue weighted by Crippen LogP contribution is -2.24. The quantitative estimate of drug-likeness (QED) is 0.878. The van der Waals surface area contributed by atoms with Crippen LogP contribution in [0.5, 0.6) is 5.75 Å². The first-order chi connectivity index (χ1) is 9.07. The largest absolute Gasteiger partial charge is 0.508 e. The predicted octanol–water partition coefficient (Wildman–Crippen LogP) is 2.01. The highest BCUT2D eigenvalue weighted by atomic mass is 32.2. The fraction of sp³-hybridized carbons (Fsp3) is 0.143. The van der Waals surface area contributed by atoms with E-state index in [9.17, 15) is 13.5 Å². The van der Waals surface area contributed by atoms with Crippen molar-refractivity contribution in [3.8, 4) is 5.75 Å². The van der Waals surface area contributed by atoms with Gasteiger partial charge in [0.2, 0.25) is 10.0 Å². The number of phenolic OH excluding ortho intramolecular Hbond substituents is 1. The molecule has 2 aromatic rings. The van der Waals surface area contributed by atoms with Crippen molar-refractivity contribution in [3.05, 3.63) is 65.7 Å². The van der Waals surface area contributed by atoms with E-state index in [2.05, 4.69) is 4.72 Å². The minimum absolute atomic E-state index is 0.0680. The van der Waals surface area contributed by atoms with E-state index in [1.54, 1.807) is 42.5 Å². The van der Waals surface area contributed by atoms with E-state index in [4.69, 9.17) is 0 Å². The molecule has 0 heterocycles. The molecule has 2 rings (SSSR count). The molecule has 0 saturated heterocycles. The fourth-order valence-electron chi connectivity index (χ4n) is 1.69. The van der Waals surface area contributed by atoms with Crippen LogP contribution in [0.25, 0.3) is 0 Å². The molecule has 0 unspecified atom stereocenters. The second-order valence-electron chi connectivity index (χ2n) is 4.19. The van der Waals surface area contributed by atoms with Gasteiger partial charge in [0, 0.05) is 12.1 Å². The van der Waals surface area contributed by atoms with Gasteiger partial charge in [-0.05, 0) is 11.6 Å². The number of para-hydroxylation sites is 1. The molecule has 0 bridgehead atoms. The number of rotatable bonds is 5. The summed E-state index contributed by atoms with van der Waals surface area (Å²) in [4.78, 5) is 0. The zero-order valence-electron chi connectivity index (χ0n) is 10.3. The molecule has 100 valence electrons. The smallest absolute Gasteiger partial charge is 0.216 e. The molecule has 0 aliphatic heterocycles. The molecule has 0 atom stereocenters. The second kappa shape index (κ2) is 5.86. The zero-order valence-corrected chi connectivity index (χ0v) is 11.1. The van der Waals surface area contributed by atoms with Crippen LogP contribution < -0.4 is 4.72 Å². The number of sulfonamides is 1. The third-order valence-corrected chi connectivity index (χ3v) is 3.97. The molecule has 19 heavy (non-hydrogen) atoms. The van der Waals surface area contributed by atoms with Gasteiger partial charge in [0.1, 0.15) is 5.75 Å². The molecular formula is C14H15NO3S. The Bertz CT molecular complexity index is 639. The summed E-state index contributed by atoms with van der Waals surface area (Å²) in [6, 6.07) is 15.6. The summed E-state index contributed by atoms with van der Waals surface area (Å²) in [6.07, 6.45) is 0. The maximum atomic E-state index is 11.9. The van der Waals surface area contributed by atoms with Gasteiger partial charge >= 0.3 is 0 Å². The third kappa shape index (κ3) is 4.08. The fourth-order valence-corrected chi connectivity index (χ4v) is 2.80. The molecule has 0 spiro atoms. The average molecular weight is 277 g/mol. The van der Waals surface area contributed by atoms with Crippen LogP contribution in [0.15, 0.2) is 54.6 Å². The highest BCUT2D eigenvalue weighted by molar-refractivity contribution is 7.88. The summed E-state index contributed by atoms with van der Waals surface area (Å²) in [5.74, 6) is 0.0199. The van der Waals surface area contributed by atoms with Crippen molar-refractivity contribution in [1.82, 2.24) is 4.72 Å². The van der Waals surface area contributed by atoms with Crippen LogP contribution >= 0.6 is 0 Å². The number of hydrogen-bond donors (Lipinski definition) is 2. The van der Waals surface area contributed by atoms with Crippen molar-refractivity contribution < 1.29 is 13.5 Å². The zero-order chi connectivity index (χ0) is 13.7. The Labute approximate surface area is 112 Å². The summed E-state index contributed by atoms with van der Waals surface area (Å²) in [7, 11) is -3.41. The molecule has 0 aromatic heterocycles. The van der Waals surface area contributed by atoms with Crippen molar-refractivity contribution in [2.45, 2.75) is 12.3 Å². The van der Waals surface area contributed by atoms with E-state index in [1.807, 2.05) is 6.07 Å². The molecule has 4 nitrogen and oxygen atoms in total. The monoisotopic (exact) mass is 277 g/mol. The number of hydrogen-bond acceptors (Lipinski definition) is 3. The molecule has 0 aliphatic rings. The Morgan fingerprint density at radius 3 is 2.26 bits per heavy atom. The maximum absolute atomic E-state index is 11.9. The predicted molar refractivity (Wildman–Crippen MR) is 74.0 cm³/mol. The van der Waals surface area contributed by atoms with Crippen LogP contribution in [0.3, 0.4) is 0 Å². The van der Waals surface area contributed by atoms with Crippen LogP contribution in [0.1, 0.15) is 11.1 Å². The van der Waals surface area contributed by atoms with Gasteiger partial charge in [0.15, 0.2) is 0 Å². The molecule has 0 aliphatic carbocycles. The first kappa shape index (κ1) is 13.6. The number of benzene rings is 2. The molecule has 0 amide bonds. The van der Waals surface area contributed by atoms with Gasteiger partial charge < -0.3 is 5.11 Å². The molecule has 0 fully saturated rings. The van der Waals surface area contributed by atoms with E-state index in [0.29, 0.717) is 5.56 Å². The Hall–Kier alpha value is -1.85. The first-order valence-electron chi connectivity index (χ1n) is 5.85. The highest BCUT2D eigenvalue weighted by Crippen LogP contribution is 2.15. The van der Waals surface area contributed by atoms with Crippen molar-refractivity contribution in [2.75, 3.05) is 0 Å². The third-order valence-electron chi connectivity index (χ3n) is 2.67. The Kier molecular flexibility index (Phi) is 4.19. The average Bonchev–Trinajstić information content (AvgIpc) is 2.38. The van der Waals surface area contributed by atoms with Crippen molar-refractivity contribution in [3.63, 3.8) is 0 Å². The van der Waals surface area contributed by atoms with E-state index >= 15 is 0 Å². The van der Waals surface area contributed by atoms with Crippen LogP contribution in [0.4, 0.5) is 0 Å². The highest BCUT2D eigenvalue weighted by Gasteiger charge is 2.11. The first-order valence-corrected chi connectivity index (χ1v) is 7.50. The Balaban J connectivity index is 2.01. The van der Waals surface area contributed by atoms with Gasteiger partial charge in [-0.15, -0.1) is 0 Å². The second-order valence-corrected chi connectivity index (χ2v) is 6.00. The molecule has 2 aromatic carbocycles. The number of phenols is 1. The van der Waals surface area contributed by atoms with Crippen molar-refractivity contribution in [2.24, 2.45) is 0 Å². The molecule has 0 radical (unpaired) electrons. The van der Waals surface area contributed by atoms with Crippen LogP contribution in [0.2, 0.25) is 0 Å². The van der Waals surface area contributed by atoms with E-state index in [0.717, 1.165) is 5.56 Å². The minimum atomic E-state index is -3.41. The summed E-state index contributed by atoms with van der Waals surface area (Å²) in [6.45, 7) is 0.0852. The summed E-state index contributed by atoms with van der Waals surface area (Å²) >= 11 is 0. The van der Waals surface area contributed by atoms with Gasteiger partial charge in [0.05, 0.1) is 5.75 Å². The SMILES string of the molecule is O=S(=O)(Cc1ccccc1)NCc1ccccc1O. The van der Waals surface area contributed by atoms with Crippen LogP contribution in [-0.2, 0) is 22.3 Å². The van der Waals surface area contributed by atoms with Gasteiger partial charge in [-0.2, -0.15) is 0 Å². The van der Waals surface area contributed by atoms with E-state index in [1.165, 1.54) is 6.07 Å². The van der Waals surface area contributed by atoms with Crippen molar-refractivity contribution in [1.29, 1.82) is 0 Å². The molecular weight excluding hydrogens is 262 g/mol. The summed E-state index contributed by atoms with van der Waals surface area (Å²) in [5.41, 5.74) is 1.28. The summed E-state index contributed by atoms with van der Waals surface area (Å²) in [5, 5.41) is 9.56. The van der Waals surface area contributed by atoms with E-state index < -0.39 is 10.0 Å². The minimum Gasteiger partial charge on any atom is -0.508 e. The normalized spacial score (nSPS) is 11.4. The standard InChI is InChI=1S/C14H15NO3S/c16-14-9-5-4-8-13(14)10-15-19(17,18)11-12-6-2-1-3-7-12/h1-9,15-16H,10-11H2. The van der Waals surface area contributed by atoms with Gasteiger partial charge in [0.25, 0.3) is 0 Å². The van der Waals surface area contributed by atoms with Crippen molar-refractivity contribution >= 4 is 10.0 Å². The lowest BCUT2D eigenvalue weighted by molar-refractivity contribution is 0.467. The van der Waals surface area contributed by atoms with Gasteiger partial charge in [-0.3, -0.25) is 0 Å². The topological polar surface area (TPSA) is 66.4 Å².